The minimum absolute atomic E-state index is 0.0208. The Labute approximate surface area is 151 Å². The first-order chi connectivity index (χ1) is 11.9. The van der Waals surface area contributed by atoms with Gasteiger partial charge in [0.1, 0.15) is 5.82 Å². The van der Waals surface area contributed by atoms with Gasteiger partial charge in [0.15, 0.2) is 5.17 Å². The molecule has 0 bridgehead atoms. The number of benzene rings is 1. The van der Waals surface area contributed by atoms with Gasteiger partial charge in [-0.05, 0) is 43.5 Å². The average Bonchev–Trinajstić information content (AvgIpc) is 2.90. The minimum atomic E-state index is -3.98. The van der Waals surface area contributed by atoms with Crippen molar-refractivity contribution in [1.29, 1.82) is 0 Å². The Morgan fingerprint density at radius 3 is 2.44 bits per heavy atom. The van der Waals surface area contributed by atoms with Crippen LogP contribution in [0.2, 0.25) is 0 Å². The van der Waals surface area contributed by atoms with Gasteiger partial charge in [-0.25, -0.2) is 4.39 Å². The summed E-state index contributed by atoms with van der Waals surface area (Å²) in [6, 6.07) is 4.59. The lowest BCUT2D eigenvalue weighted by atomic mass is 9.94. The summed E-state index contributed by atoms with van der Waals surface area (Å²) in [4.78, 5) is 14.2. The third-order valence-corrected chi connectivity index (χ3v) is 7.30. The molecule has 1 aromatic rings. The molecular formula is C17H21FN2O3S2. The number of amides is 1. The van der Waals surface area contributed by atoms with Crippen molar-refractivity contribution in [3.8, 4) is 0 Å². The van der Waals surface area contributed by atoms with Crippen molar-refractivity contribution in [2.75, 3.05) is 0 Å². The lowest BCUT2D eigenvalue weighted by molar-refractivity contribution is -0.128. The van der Waals surface area contributed by atoms with Crippen LogP contribution in [-0.2, 0) is 14.8 Å². The van der Waals surface area contributed by atoms with E-state index in [2.05, 4.69) is 4.40 Å². The van der Waals surface area contributed by atoms with Gasteiger partial charge < -0.3 is 0 Å². The second-order valence-electron chi connectivity index (χ2n) is 6.32. The van der Waals surface area contributed by atoms with E-state index in [1.165, 1.54) is 23.9 Å². The van der Waals surface area contributed by atoms with Crippen LogP contribution in [0.4, 0.5) is 4.39 Å². The van der Waals surface area contributed by atoms with Gasteiger partial charge >= 0.3 is 0 Å². The van der Waals surface area contributed by atoms with E-state index in [0.717, 1.165) is 44.2 Å². The summed E-state index contributed by atoms with van der Waals surface area (Å²) in [6.07, 6.45) is 5.59. The van der Waals surface area contributed by atoms with Crippen molar-refractivity contribution in [3.05, 3.63) is 30.1 Å². The Morgan fingerprint density at radius 2 is 1.84 bits per heavy atom. The van der Waals surface area contributed by atoms with E-state index in [4.69, 9.17) is 0 Å². The summed E-state index contributed by atoms with van der Waals surface area (Å²) in [5.74, 6) is -0.556. The Hall–Kier alpha value is -1.41. The summed E-state index contributed by atoms with van der Waals surface area (Å²) in [5, 5.41) is -0.0304. The molecule has 1 aliphatic heterocycles. The molecule has 1 saturated carbocycles. The predicted molar refractivity (Wildman–Crippen MR) is 96.4 cm³/mol. The monoisotopic (exact) mass is 384 g/mol. The maximum Gasteiger partial charge on any atom is 0.284 e. The molecule has 136 valence electrons. The molecule has 1 amide bonds. The van der Waals surface area contributed by atoms with Crippen LogP contribution in [0.3, 0.4) is 0 Å². The number of halogens is 1. The van der Waals surface area contributed by atoms with E-state index in [1.807, 2.05) is 6.92 Å². The fourth-order valence-corrected chi connectivity index (χ4v) is 5.58. The number of rotatable bonds is 4. The first kappa shape index (κ1) is 18.4. The quantitative estimate of drug-likeness (QED) is 0.796. The molecular weight excluding hydrogens is 363 g/mol. The summed E-state index contributed by atoms with van der Waals surface area (Å²) in [6.45, 7) is 1.91. The fraction of sp³-hybridized carbons (Fsp3) is 0.529. The second-order valence-corrected chi connectivity index (χ2v) is 9.09. The summed E-state index contributed by atoms with van der Waals surface area (Å²) in [7, 11) is -3.98. The second kappa shape index (κ2) is 7.45. The first-order valence-corrected chi connectivity index (χ1v) is 10.8. The topological polar surface area (TPSA) is 66.8 Å². The van der Waals surface area contributed by atoms with Gasteiger partial charge in [-0.3, -0.25) is 9.69 Å². The molecule has 2 fully saturated rings. The van der Waals surface area contributed by atoms with E-state index in [0.29, 0.717) is 6.42 Å². The molecule has 0 unspecified atom stereocenters. The molecule has 0 spiro atoms. The Bertz CT molecular complexity index is 772. The van der Waals surface area contributed by atoms with Crippen LogP contribution in [0.5, 0.6) is 0 Å². The summed E-state index contributed by atoms with van der Waals surface area (Å²) >= 11 is 1.22. The fourth-order valence-electron chi connectivity index (χ4n) is 3.24. The van der Waals surface area contributed by atoms with E-state index in [9.17, 15) is 17.6 Å². The largest absolute Gasteiger partial charge is 0.287 e. The number of thioether (sulfide) groups is 1. The van der Waals surface area contributed by atoms with Gasteiger partial charge in [-0.15, -0.1) is 4.40 Å². The third kappa shape index (κ3) is 3.89. The molecule has 1 aliphatic carbocycles. The smallest absolute Gasteiger partial charge is 0.284 e. The highest BCUT2D eigenvalue weighted by molar-refractivity contribution is 8.16. The molecule has 0 N–H and O–H groups in total. The van der Waals surface area contributed by atoms with Crippen LogP contribution in [-0.4, -0.2) is 35.7 Å². The number of carbonyl (C=O) groups is 1. The third-order valence-electron chi connectivity index (χ3n) is 4.59. The molecule has 1 saturated heterocycles. The molecule has 3 rings (SSSR count). The molecule has 0 radical (unpaired) electrons. The van der Waals surface area contributed by atoms with E-state index < -0.39 is 15.8 Å². The summed E-state index contributed by atoms with van der Waals surface area (Å²) in [5.41, 5.74) is 0. The Kier molecular flexibility index (Phi) is 5.48. The van der Waals surface area contributed by atoms with Crippen molar-refractivity contribution in [1.82, 2.24) is 4.90 Å². The van der Waals surface area contributed by atoms with Crippen LogP contribution >= 0.6 is 11.8 Å². The molecule has 5 nitrogen and oxygen atoms in total. The lowest BCUT2D eigenvalue weighted by Crippen LogP contribution is -2.42. The number of hydrogen-bond acceptors (Lipinski definition) is 4. The zero-order chi connectivity index (χ0) is 18.0. The average molecular weight is 384 g/mol. The van der Waals surface area contributed by atoms with Crippen LogP contribution in [0, 0.1) is 5.82 Å². The molecule has 8 heteroatoms. The van der Waals surface area contributed by atoms with Crippen LogP contribution in [0.15, 0.2) is 33.6 Å². The van der Waals surface area contributed by atoms with Gasteiger partial charge in [0.2, 0.25) is 5.91 Å². The highest BCUT2D eigenvalue weighted by atomic mass is 32.2. The van der Waals surface area contributed by atoms with Gasteiger partial charge in [0, 0.05) is 6.04 Å². The molecule has 1 heterocycles. The first-order valence-electron chi connectivity index (χ1n) is 8.52. The maximum atomic E-state index is 13.0. The van der Waals surface area contributed by atoms with Crippen molar-refractivity contribution < 1.29 is 17.6 Å². The zero-order valence-electron chi connectivity index (χ0n) is 14.0. The van der Waals surface area contributed by atoms with Crippen molar-refractivity contribution in [2.45, 2.75) is 61.6 Å². The number of hydrogen-bond donors (Lipinski definition) is 0. The van der Waals surface area contributed by atoms with Crippen LogP contribution < -0.4 is 0 Å². The normalized spacial score (nSPS) is 24.2. The molecule has 0 aromatic heterocycles. The number of amidine groups is 1. The van der Waals surface area contributed by atoms with E-state index in [-0.39, 0.29) is 27.3 Å². The van der Waals surface area contributed by atoms with Crippen LogP contribution in [0.1, 0.15) is 45.4 Å². The zero-order valence-corrected chi connectivity index (χ0v) is 15.7. The maximum absolute atomic E-state index is 13.0. The van der Waals surface area contributed by atoms with Crippen molar-refractivity contribution in [2.24, 2.45) is 4.40 Å². The molecule has 1 aromatic carbocycles. The number of nitrogens with zero attached hydrogens (tertiary/aromatic N) is 2. The van der Waals surface area contributed by atoms with Gasteiger partial charge in [-0.1, -0.05) is 37.9 Å². The molecule has 25 heavy (non-hydrogen) atoms. The van der Waals surface area contributed by atoms with Crippen LogP contribution in [0.25, 0.3) is 0 Å². The Morgan fingerprint density at radius 1 is 1.20 bits per heavy atom. The standard InChI is InChI=1S/C17H21FN2O3S2/c1-2-15-16(21)20(13-6-4-3-5-7-13)17(24-15)19-25(22,23)14-10-8-12(18)9-11-14/h8-11,13,15H,2-7H2,1H3/t15-/m0/s1. The highest BCUT2D eigenvalue weighted by Gasteiger charge is 2.42. The highest BCUT2D eigenvalue weighted by Crippen LogP contribution is 2.36. The molecule has 2 aliphatic rings. The predicted octanol–water partition coefficient (Wildman–Crippen LogP) is 3.56. The SMILES string of the molecule is CC[C@@H]1SC(=NS(=O)(=O)c2ccc(F)cc2)N(C2CCCCC2)C1=O. The summed E-state index contributed by atoms with van der Waals surface area (Å²) < 4.78 is 42.1. The van der Waals surface area contributed by atoms with Crippen molar-refractivity contribution in [3.63, 3.8) is 0 Å². The van der Waals surface area contributed by atoms with Gasteiger partial charge in [0.25, 0.3) is 10.0 Å². The number of sulfonamides is 1. The van der Waals surface area contributed by atoms with E-state index in [1.54, 1.807) is 4.90 Å². The molecule has 1 atom stereocenters. The number of carbonyl (C=O) groups excluding carboxylic acids is 1. The lowest BCUT2D eigenvalue weighted by Gasteiger charge is -2.30. The van der Waals surface area contributed by atoms with Gasteiger partial charge in [0.05, 0.1) is 10.1 Å². The van der Waals surface area contributed by atoms with Gasteiger partial charge in [-0.2, -0.15) is 8.42 Å². The van der Waals surface area contributed by atoms with E-state index >= 15 is 0 Å². The Balaban J connectivity index is 1.95. The van der Waals surface area contributed by atoms with Crippen molar-refractivity contribution >= 4 is 32.9 Å². The minimum Gasteiger partial charge on any atom is -0.287 e.